The van der Waals surface area contributed by atoms with Crippen molar-refractivity contribution in [1.82, 2.24) is 9.80 Å². The highest BCUT2D eigenvalue weighted by molar-refractivity contribution is 7.12. The molecule has 1 amide bonds. The molecular formula is C23H23ClN2O2S. The summed E-state index contributed by atoms with van der Waals surface area (Å²) in [7, 11) is 0. The summed E-state index contributed by atoms with van der Waals surface area (Å²) in [5, 5.41) is 2.71. The van der Waals surface area contributed by atoms with Crippen molar-refractivity contribution in [1.29, 1.82) is 0 Å². The van der Waals surface area contributed by atoms with Crippen molar-refractivity contribution < 1.29 is 9.53 Å². The molecule has 150 valence electrons. The van der Waals surface area contributed by atoms with E-state index >= 15 is 0 Å². The van der Waals surface area contributed by atoms with Crippen LogP contribution < -0.4 is 4.74 Å². The third-order valence-electron chi connectivity index (χ3n) is 5.09. The molecule has 4 nitrogen and oxygen atoms in total. The lowest BCUT2D eigenvalue weighted by molar-refractivity contribution is 0.0625. The van der Waals surface area contributed by atoms with Gasteiger partial charge < -0.3 is 9.64 Å². The third-order valence-corrected chi connectivity index (χ3v) is 6.25. The first-order valence-corrected chi connectivity index (χ1v) is 11.0. The summed E-state index contributed by atoms with van der Waals surface area (Å²) in [6.07, 6.45) is 0. The number of halogens is 1. The summed E-state index contributed by atoms with van der Waals surface area (Å²) in [5.41, 5.74) is 2.12. The van der Waals surface area contributed by atoms with E-state index in [2.05, 4.69) is 17.0 Å². The van der Waals surface area contributed by atoms with Crippen LogP contribution in [0, 0.1) is 0 Å². The molecule has 0 unspecified atom stereocenters. The van der Waals surface area contributed by atoms with E-state index in [1.807, 2.05) is 58.8 Å². The SMILES string of the molecule is O=C(c1sccc1-c1ccccc1)N1CCN(CCOc2ccc(Cl)cc2)CC1. The average molecular weight is 427 g/mol. The summed E-state index contributed by atoms with van der Waals surface area (Å²) in [5.74, 6) is 0.963. The largest absolute Gasteiger partial charge is 0.492 e. The first-order valence-electron chi connectivity index (χ1n) is 9.73. The van der Waals surface area contributed by atoms with Crippen LogP contribution in [0.1, 0.15) is 9.67 Å². The summed E-state index contributed by atoms with van der Waals surface area (Å²) in [6, 6.07) is 19.6. The summed E-state index contributed by atoms with van der Waals surface area (Å²) in [4.78, 5) is 18.2. The molecule has 4 rings (SSSR count). The topological polar surface area (TPSA) is 32.8 Å². The van der Waals surface area contributed by atoms with Gasteiger partial charge in [-0.2, -0.15) is 0 Å². The van der Waals surface area contributed by atoms with Gasteiger partial charge in [-0.1, -0.05) is 41.9 Å². The molecule has 0 atom stereocenters. The number of ether oxygens (including phenoxy) is 1. The Morgan fingerprint density at radius 1 is 0.966 bits per heavy atom. The Morgan fingerprint density at radius 2 is 1.69 bits per heavy atom. The van der Waals surface area contributed by atoms with Gasteiger partial charge in [-0.05, 0) is 41.3 Å². The second-order valence-electron chi connectivity index (χ2n) is 6.97. The molecule has 0 N–H and O–H groups in total. The molecule has 0 saturated carbocycles. The van der Waals surface area contributed by atoms with Crippen LogP contribution in [0.25, 0.3) is 11.1 Å². The highest BCUT2D eigenvalue weighted by atomic mass is 35.5. The van der Waals surface area contributed by atoms with Crippen molar-refractivity contribution in [3.8, 4) is 16.9 Å². The van der Waals surface area contributed by atoms with Crippen molar-refractivity contribution in [3.05, 3.63) is 75.9 Å². The van der Waals surface area contributed by atoms with E-state index in [0.29, 0.717) is 11.6 Å². The molecule has 1 aliphatic rings. The molecule has 1 fully saturated rings. The maximum absolute atomic E-state index is 13.1. The van der Waals surface area contributed by atoms with Crippen molar-refractivity contribution in [2.24, 2.45) is 0 Å². The Bertz CT molecular complexity index is 935. The Labute approximate surface area is 180 Å². The highest BCUT2D eigenvalue weighted by Crippen LogP contribution is 2.29. The van der Waals surface area contributed by atoms with E-state index in [1.54, 1.807) is 0 Å². The second-order valence-corrected chi connectivity index (χ2v) is 8.32. The smallest absolute Gasteiger partial charge is 0.264 e. The van der Waals surface area contributed by atoms with E-state index in [-0.39, 0.29) is 5.91 Å². The van der Waals surface area contributed by atoms with Crippen molar-refractivity contribution >= 4 is 28.8 Å². The van der Waals surface area contributed by atoms with Crippen LogP contribution in [-0.4, -0.2) is 55.0 Å². The van der Waals surface area contributed by atoms with Crippen molar-refractivity contribution in [2.45, 2.75) is 0 Å². The van der Waals surface area contributed by atoms with Gasteiger partial charge in [0.05, 0.1) is 4.88 Å². The van der Waals surface area contributed by atoms with Crippen molar-refractivity contribution in [3.63, 3.8) is 0 Å². The van der Waals surface area contributed by atoms with E-state index in [1.165, 1.54) is 11.3 Å². The standard InChI is InChI=1S/C23H23ClN2O2S/c24-19-6-8-20(9-7-19)28-16-15-25-11-13-26(14-12-25)23(27)22-21(10-17-29-22)18-4-2-1-3-5-18/h1-10,17H,11-16H2. The van der Waals surface area contributed by atoms with Gasteiger partial charge in [0.2, 0.25) is 0 Å². The van der Waals surface area contributed by atoms with Gasteiger partial charge in [0.1, 0.15) is 12.4 Å². The maximum atomic E-state index is 13.1. The number of rotatable bonds is 6. The lowest BCUT2D eigenvalue weighted by atomic mass is 10.1. The average Bonchev–Trinajstić information content (AvgIpc) is 3.26. The number of nitrogens with zero attached hydrogens (tertiary/aromatic N) is 2. The molecule has 2 aromatic carbocycles. The normalized spacial score (nSPS) is 14.7. The molecular weight excluding hydrogens is 404 g/mol. The number of hydrogen-bond acceptors (Lipinski definition) is 4. The minimum atomic E-state index is 0.135. The van der Waals surface area contributed by atoms with Crippen LogP contribution >= 0.6 is 22.9 Å². The Morgan fingerprint density at radius 3 is 2.41 bits per heavy atom. The van der Waals surface area contributed by atoms with Gasteiger partial charge in [0.25, 0.3) is 5.91 Å². The van der Waals surface area contributed by atoms with Gasteiger partial charge in [-0.25, -0.2) is 0 Å². The monoisotopic (exact) mass is 426 g/mol. The van der Waals surface area contributed by atoms with E-state index in [4.69, 9.17) is 16.3 Å². The van der Waals surface area contributed by atoms with E-state index in [9.17, 15) is 4.79 Å². The molecule has 0 radical (unpaired) electrons. The zero-order valence-electron chi connectivity index (χ0n) is 16.1. The van der Waals surface area contributed by atoms with Crippen LogP contribution in [0.5, 0.6) is 5.75 Å². The minimum absolute atomic E-state index is 0.135. The fourth-order valence-corrected chi connectivity index (χ4v) is 4.47. The predicted molar refractivity (Wildman–Crippen MR) is 119 cm³/mol. The molecule has 1 aromatic heterocycles. The van der Waals surface area contributed by atoms with Gasteiger partial charge in [0.15, 0.2) is 0 Å². The molecule has 1 saturated heterocycles. The number of carbonyl (C=O) groups is 1. The number of hydrogen-bond donors (Lipinski definition) is 0. The molecule has 0 bridgehead atoms. The summed E-state index contributed by atoms with van der Waals surface area (Å²) in [6.45, 7) is 4.68. The second kappa shape index (κ2) is 9.44. The van der Waals surface area contributed by atoms with Crippen LogP contribution in [0.4, 0.5) is 0 Å². The van der Waals surface area contributed by atoms with Crippen LogP contribution in [0.3, 0.4) is 0 Å². The quantitative estimate of drug-likeness (QED) is 0.561. The lowest BCUT2D eigenvalue weighted by Crippen LogP contribution is -2.49. The van der Waals surface area contributed by atoms with Gasteiger partial charge in [-0.15, -0.1) is 11.3 Å². The maximum Gasteiger partial charge on any atom is 0.264 e. The predicted octanol–water partition coefficient (Wildman–Crippen LogP) is 4.91. The van der Waals surface area contributed by atoms with Crippen LogP contribution in [-0.2, 0) is 0 Å². The Hall–Kier alpha value is -2.34. The Balaban J connectivity index is 1.28. The number of benzene rings is 2. The third kappa shape index (κ3) is 4.99. The van der Waals surface area contributed by atoms with Crippen LogP contribution in [0.15, 0.2) is 66.0 Å². The first kappa shape index (κ1) is 20.0. The zero-order valence-corrected chi connectivity index (χ0v) is 17.7. The number of thiophene rings is 1. The fraction of sp³-hybridized carbons (Fsp3) is 0.261. The van der Waals surface area contributed by atoms with E-state index in [0.717, 1.165) is 54.5 Å². The number of carbonyl (C=O) groups excluding carboxylic acids is 1. The zero-order chi connectivity index (χ0) is 20.1. The summed E-state index contributed by atoms with van der Waals surface area (Å²) < 4.78 is 5.78. The minimum Gasteiger partial charge on any atom is -0.492 e. The fourth-order valence-electron chi connectivity index (χ4n) is 3.46. The lowest BCUT2D eigenvalue weighted by Gasteiger charge is -2.34. The van der Waals surface area contributed by atoms with Crippen LogP contribution in [0.2, 0.25) is 5.02 Å². The summed E-state index contributed by atoms with van der Waals surface area (Å²) >= 11 is 7.42. The molecule has 0 aliphatic carbocycles. The first-order chi connectivity index (χ1) is 14.2. The van der Waals surface area contributed by atoms with Gasteiger partial charge >= 0.3 is 0 Å². The molecule has 0 spiro atoms. The molecule has 1 aliphatic heterocycles. The Kier molecular flexibility index (Phi) is 6.49. The molecule has 2 heterocycles. The molecule has 29 heavy (non-hydrogen) atoms. The number of amides is 1. The molecule has 3 aromatic rings. The highest BCUT2D eigenvalue weighted by Gasteiger charge is 2.25. The van der Waals surface area contributed by atoms with Gasteiger partial charge in [0, 0.05) is 43.3 Å². The van der Waals surface area contributed by atoms with E-state index < -0.39 is 0 Å². The van der Waals surface area contributed by atoms with Gasteiger partial charge in [-0.3, -0.25) is 9.69 Å². The number of piperazine rings is 1. The van der Waals surface area contributed by atoms with Crippen molar-refractivity contribution in [2.75, 3.05) is 39.3 Å². The molecule has 6 heteroatoms.